The van der Waals surface area contributed by atoms with Crippen LogP contribution in [-0.4, -0.2) is 15.7 Å². The third-order valence-electron chi connectivity index (χ3n) is 4.66. The van der Waals surface area contributed by atoms with Crippen LogP contribution in [0.5, 0.6) is 0 Å². The van der Waals surface area contributed by atoms with Gasteiger partial charge in [0.15, 0.2) is 0 Å². The van der Waals surface area contributed by atoms with Crippen molar-refractivity contribution in [3.8, 4) is 0 Å². The van der Waals surface area contributed by atoms with E-state index in [1.54, 1.807) is 19.1 Å². The number of hydrogen-bond acceptors (Lipinski definition) is 4. The molecule has 0 aliphatic rings. The van der Waals surface area contributed by atoms with Crippen LogP contribution < -0.4 is 11.5 Å². The highest BCUT2D eigenvalue weighted by Crippen LogP contribution is 2.26. The van der Waals surface area contributed by atoms with Gasteiger partial charge in [0.25, 0.3) is 5.91 Å². The number of ether oxygens (including phenoxy) is 1. The molecule has 0 aliphatic heterocycles. The van der Waals surface area contributed by atoms with Gasteiger partial charge in [0.05, 0.1) is 19.3 Å². The molecule has 0 bridgehead atoms. The number of nitrogens with two attached hydrogens (primary N) is 2. The number of halogens is 1. The Morgan fingerprint density at radius 1 is 1.21 bits per heavy atom. The first kappa shape index (κ1) is 19.6. The van der Waals surface area contributed by atoms with E-state index < -0.39 is 5.91 Å². The molecule has 1 unspecified atom stereocenters. The van der Waals surface area contributed by atoms with Crippen molar-refractivity contribution in [1.29, 1.82) is 0 Å². The van der Waals surface area contributed by atoms with E-state index in [0.29, 0.717) is 23.4 Å². The molecule has 0 aliphatic carbocycles. The highest BCUT2D eigenvalue weighted by atomic mass is 19.1. The molecule has 3 rings (SSSR count). The lowest BCUT2D eigenvalue weighted by atomic mass is 10.1. The number of primary amides is 1. The fourth-order valence-electron chi connectivity index (χ4n) is 3.01. The molecule has 1 heterocycles. The lowest BCUT2D eigenvalue weighted by Gasteiger charge is -2.15. The summed E-state index contributed by atoms with van der Waals surface area (Å²) < 4.78 is 21.1. The number of rotatable bonds is 7. The molecular weight excluding hydrogens is 359 g/mol. The topological polar surface area (TPSA) is 96.2 Å². The average Bonchev–Trinajstić information content (AvgIpc) is 3.00. The minimum absolute atomic E-state index is 0.0827. The molecule has 1 amide bonds. The van der Waals surface area contributed by atoms with Crippen molar-refractivity contribution in [2.45, 2.75) is 33.1 Å². The van der Waals surface area contributed by atoms with Gasteiger partial charge in [-0.05, 0) is 36.6 Å². The lowest BCUT2D eigenvalue weighted by molar-refractivity contribution is 0.0959. The fourth-order valence-corrected chi connectivity index (χ4v) is 3.01. The molecular formula is C21H23FN4O2. The third-order valence-corrected chi connectivity index (χ3v) is 4.66. The van der Waals surface area contributed by atoms with E-state index in [9.17, 15) is 9.18 Å². The summed E-state index contributed by atoms with van der Waals surface area (Å²) >= 11 is 0. The van der Waals surface area contributed by atoms with Crippen LogP contribution in [0, 0.1) is 12.7 Å². The molecule has 28 heavy (non-hydrogen) atoms. The predicted octanol–water partition coefficient (Wildman–Crippen LogP) is 3.34. The van der Waals surface area contributed by atoms with E-state index in [4.69, 9.17) is 16.2 Å². The standard InChI is InChI=1S/C21H23FN4O2/c1-13-8-9-16(10-17(13)22)14(2)26-20(23)19(21(24)27)18(25-26)12-28-11-15-6-4-3-5-7-15/h3-10,14H,11-12,23H2,1-2H3,(H2,24,27). The molecule has 2 aromatic carbocycles. The van der Waals surface area contributed by atoms with Crippen molar-refractivity contribution in [3.63, 3.8) is 0 Å². The van der Waals surface area contributed by atoms with Gasteiger partial charge in [0.2, 0.25) is 0 Å². The van der Waals surface area contributed by atoms with Gasteiger partial charge >= 0.3 is 0 Å². The first-order valence-electron chi connectivity index (χ1n) is 8.93. The minimum Gasteiger partial charge on any atom is -0.383 e. The molecule has 1 atom stereocenters. The number of aryl methyl sites for hydroxylation is 1. The van der Waals surface area contributed by atoms with Crippen LogP contribution >= 0.6 is 0 Å². The van der Waals surface area contributed by atoms with Crippen LogP contribution in [0.2, 0.25) is 0 Å². The number of carbonyl (C=O) groups is 1. The fraction of sp³-hybridized carbons (Fsp3) is 0.238. The molecule has 0 spiro atoms. The van der Waals surface area contributed by atoms with Crippen molar-refractivity contribution in [2.24, 2.45) is 5.73 Å². The second-order valence-corrected chi connectivity index (χ2v) is 6.68. The number of nitrogen functional groups attached to an aromatic ring is 1. The summed E-state index contributed by atoms with van der Waals surface area (Å²) in [7, 11) is 0. The van der Waals surface area contributed by atoms with Crippen LogP contribution in [-0.2, 0) is 18.0 Å². The maximum Gasteiger partial charge on any atom is 0.254 e. The number of aromatic nitrogens is 2. The number of nitrogens with zero attached hydrogens (tertiary/aromatic N) is 2. The molecule has 0 fully saturated rings. The monoisotopic (exact) mass is 382 g/mol. The third kappa shape index (κ3) is 4.04. The van der Waals surface area contributed by atoms with E-state index in [0.717, 1.165) is 5.56 Å². The summed E-state index contributed by atoms with van der Waals surface area (Å²) in [5.41, 5.74) is 14.4. The molecule has 0 saturated carbocycles. The molecule has 6 nitrogen and oxygen atoms in total. The number of anilines is 1. The number of carbonyl (C=O) groups excluding carboxylic acids is 1. The van der Waals surface area contributed by atoms with E-state index in [1.807, 2.05) is 37.3 Å². The number of hydrogen-bond donors (Lipinski definition) is 2. The van der Waals surface area contributed by atoms with Crippen LogP contribution in [0.15, 0.2) is 48.5 Å². The minimum atomic E-state index is -0.677. The molecule has 0 radical (unpaired) electrons. The van der Waals surface area contributed by atoms with Crippen LogP contribution in [0.1, 0.15) is 45.7 Å². The summed E-state index contributed by atoms with van der Waals surface area (Å²) in [5.74, 6) is -0.847. The SMILES string of the molecule is Cc1ccc(C(C)n2nc(COCc3ccccc3)c(C(N)=O)c2N)cc1F. The van der Waals surface area contributed by atoms with Gasteiger partial charge in [-0.2, -0.15) is 5.10 Å². The summed E-state index contributed by atoms with van der Waals surface area (Å²) in [6.45, 7) is 3.97. The Balaban J connectivity index is 1.85. The van der Waals surface area contributed by atoms with Gasteiger partial charge in [-0.1, -0.05) is 42.5 Å². The quantitative estimate of drug-likeness (QED) is 0.655. The largest absolute Gasteiger partial charge is 0.383 e. The van der Waals surface area contributed by atoms with Gasteiger partial charge < -0.3 is 16.2 Å². The maximum atomic E-state index is 13.9. The molecule has 0 saturated heterocycles. The molecule has 4 N–H and O–H groups in total. The molecule has 7 heteroatoms. The second kappa shape index (κ2) is 8.22. The Kier molecular flexibility index (Phi) is 5.75. The summed E-state index contributed by atoms with van der Waals surface area (Å²) in [4.78, 5) is 11.9. The van der Waals surface area contributed by atoms with Gasteiger partial charge in [0.1, 0.15) is 22.9 Å². The lowest BCUT2D eigenvalue weighted by Crippen LogP contribution is -2.16. The van der Waals surface area contributed by atoms with Crippen LogP contribution in [0.4, 0.5) is 10.2 Å². The van der Waals surface area contributed by atoms with Crippen molar-refractivity contribution in [1.82, 2.24) is 9.78 Å². The molecule has 1 aromatic heterocycles. The van der Waals surface area contributed by atoms with Crippen molar-refractivity contribution < 1.29 is 13.9 Å². The highest BCUT2D eigenvalue weighted by Gasteiger charge is 2.23. The Bertz CT molecular complexity index is 986. The van der Waals surface area contributed by atoms with E-state index in [1.165, 1.54) is 10.7 Å². The van der Waals surface area contributed by atoms with Crippen molar-refractivity contribution in [3.05, 3.63) is 82.3 Å². The first-order valence-corrected chi connectivity index (χ1v) is 8.93. The summed E-state index contributed by atoms with van der Waals surface area (Å²) in [5, 5.41) is 4.43. The van der Waals surface area contributed by atoms with Gasteiger partial charge in [-0.15, -0.1) is 0 Å². The zero-order chi connectivity index (χ0) is 20.3. The molecule has 146 valence electrons. The average molecular weight is 382 g/mol. The second-order valence-electron chi connectivity index (χ2n) is 6.68. The summed E-state index contributed by atoms with van der Waals surface area (Å²) in [6.07, 6.45) is 0. The normalized spacial score (nSPS) is 12.1. The Labute approximate surface area is 162 Å². The predicted molar refractivity (Wildman–Crippen MR) is 105 cm³/mol. The Hall–Kier alpha value is -3.19. The van der Waals surface area contributed by atoms with Crippen LogP contribution in [0.25, 0.3) is 0 Å². The first-order chi connectivity index (χ1) is 13.4. The van der Waals surface area contributed by atoms with Crippen LogP contribution in [0.3, 0.4) is 0 Å². The number of amides is 1. The maximum absolute atomic E-state index is 13.9. The zero-order valence-electron chi connectivity index (χ0n) is 15.9. The Morgan fingerprint density at radius 3 is 2.57 bits per heavy atom. The highest BCUT2D eigenvalue weighted by molar-refractivity contribution is 5.98. The van der Waals surface area contributed by atoms with Gasteiger partial charge in [0, 0.05) is 0 Å². The summed E-state index contributed by atoms with van der Waals surface area (Å²) in [6, 6.07) is 14.2. The smallest absolute Gasteiger partial charge is 0.254 e. The number of benzene rings is 2. The Morgan fingerprint density at radius 2 is 1.93 bits per heavy atom. The van der Waals surface area contributed by atoms with E-state index >= 15 is 0 Å². The molecule has 3 aromatic rings. The van der Waals surface area contributed by atoms with E-state index in [-0.39, 0.29) is 29.8 Å². The van der Waals surface area contributed by atoms with Gasteiger partial charge in [-0.3, -0.25) is 4.79 Å². The van der Waals surface area contributed by atoms with Crippen molar-refractivity contribution >= 4 is 11.7 Å². The van der Waals surface area contributed by atoms with Crippen molar-refractivity contribution in [2.75, 3.05) is 5.73 Å². The van der Waals surface area contributed by atoms with Gasteiger partial charge in [-0.25, -0.2) is 9.07 Å². The van der Waals surface area contributed by atoms with E-state index in [2.05, 4.69) is 5.10 Å². The zero-order valence-corrected chi connectivity index (χ0v) is 15.9.